The summed E-state index contributed by atoms with van der Waals surface area (Å²) in [7, 11) is 4.12. The molecular weight excluding hydrogens is 188 g/mol. The second kappa shape index (κ2) is 8.08. The van der Waals surface area contributed by atoms with Gasteiger partial charge < -0.3 is 14.9 Å². The van der Waals surface area contributed by atoms with E-state index in [0.29, 0.717) is 5.92 Å². The third-order valence-corrected chi connectivity index (χ3v) is 2.99. The molecule has 92 valence electrons. The van der Waals surface area contributed by atoms with Crippen LogP contribution in [0.4, 0.5) is 0 Å². The van der Waals surface area contributed by atoms with Gasteiger partial charge >= 0.3 is 0 Å². The van der Waals surface area contributed by atoms with Gasteiger partial charge in [0.05, 0.1) is 6.10 Å². The molecule has 0 aliphatic carbocycles. The van der Waals surface area contributed by atoms with Crippen LogP contribution in [0.15, 0.2) is 0 Å². The summed E-state index contributed by atoms with van der Waals surface area (Å²) in [4.78, 5) is 4.56. The third-order valence-electron chi connectivity index (χ3n) is 2.99. The minimum atomic E-state index is -0.206. The molecule has 0 amide bonds. The third kappa shape index (κ3) is 6.88. The normalized spacial score (nSPS) is 16.0. The Hall–Kier alpha value is -0.120. The molecule has 0 saturated carbocycles. The van der Waals surface area contributed by atoms with Crippen LogP contribution in [0.3, 0.4) is 0 Å². The molecule has 0 aliphatic rings. The van der Waals surface area contributed by atoms with E-state index < -0.39 is 0 Å². The molecule has 15 heavy (non-hydrogen) atoms. The molecule has 0 rings (SSSR count). The number of hydrogen-bond acceptors (Lipinski definition) is 3. The lowest BCUT2D eigenvalue weighted by Crippen LogP contribution is -2.33. The van der Waals surface area contributed by atoms with E-state index in [4.69, 9.17) is 0 Å². The quantitative estimate of drug-likeness (QED) is 0.662. The van der Waals surface area contributed by atoms with Crippen LogP contribution >= 0.6 is 0 Å². The first-order valence-corrected chi connectivity index (χ1v) is 6.06. The van der Waals surface area contributed by atoms with Gasteiger partial charge in [0.25, 0.3) is 0 Å². The van der Waals surface area contributed by atoms with Crippen LogP contribution in [0.1, 0.15) is 27.2 Å². The predicted octanol–water partition coefficient (Wildman–Crippen LogP) is 1.28. The molecule has 0 unspecified atom stereocenters. The average Bonchev–Trinajstić information content (AvgIpc) is 2.16. The largest absolute Gasteiger partial charge is 0.393 e. The molecule has 1 N–H and O–H groups in total. The van der Waals surface area contributed by atoms with Crippen LogP contribution in [-0.2, 0) is 0 Å². The van der Waals surface area contributed by atoms with Crippen LogP contribution in [0.5, 0.6) is 0 Å². The summed E-state index contributed by atoms with van der Waals surface area (Å²) in [5.74, 6) is 0.389. The fraction of sp³-hybridized carbons (Fsp3) is 1.00. The molecule has 0 aliphatic heterocycles. The highest BCUT2D eigenvalue weighted by Gasteiger charge is 2.16. The molecular formula is C12H28N2O. The maximum Gasteiger partial charge on any atom is 0.0552 e. The Morgan fingerprint density at radius 2 is 1.67 bits per heavy atom. The highest BCUT2D eigenvalue weighted by molar-refractivity contribution is 4.69. The van der Waals surface area contributed by atoms with Crippen molar-refractivity contribution >= 4 is 0 Å². The number of nitrogens with zero attached hydrogens (tertiary/aromatic N) is 2. The van der Waals surface area contributed by atoms with Crippen LogP contribution in [0.2, 0.25) is 0 Å². The first kappa shape index (κ1) is 14.9. The lowest BCUT2D eigenvalue weighted by Gasteiger charge is -2.26. The number of rotatable bonds is 8. The van der Waals surface area contributed by atoms with Crippen molar-refractivity contribution in [1.82, 2.24) is 9.80 Å². The van der Waals surface area contributed by atoms with Gasteiger partial charge in [-0.3, -0.25) is 0 Å². The van der Waals surface area contributed by atoms with Gasteiger partial charge in [-0.05, 0) is 53.0 Å². The SMILES string of the molecule is CCN(CC)CC[C@H](CN(C)C)[C@H](C)O. The minimum Gasteiger partial charge on any atom is -0.393 e. The molecule has 0 aromatic rings. The Morgan fingerprint density at radius 1 is 1.13 bits per heavy atom. The first-order valence-electron chi connectivity index (χ1n) is 6.06. The Balaban J connectivity index is 3.94. The summed E-state index contributed by atoms with van der Waals surface area (Å²) < 4.78 is 0. The first-order chi connectivity index (χ1) is 7.01. The highest BCUT2D eigenvalue weighted by Crippen LogP contribution is 2.11. The van der Waals surface area contributed by atoms with Gasteiger partial charge in [-0.15, -0.1) is 0 Å². The van der Waals surface area contributed by atoms with E-state index in [0.717, 1.165) is 32.6 Å². The summed E-state index contributed by atoms with van der Waals surface area (Å²) >= 11 is 0. The zero-order valence-corrected chi connectivity index (χ0v) is 11.0. The average molecular weight is 216 g/mol. The molecule has 0 bridgehead atoms. The Kier molecular flexibility index (Phi) is 8.02. The van der Waals surface area contributed by atoms with Gasteiger partial charge in [0.15, 0.2) is 0 Å². The number of aliphatic hydroxyl groups is 1. The van der Waals surface area contributed by atoms with Crippen molar-refractivity contribution in [3.05, 3.63) is 0 Å². The molecule has 0 fully saturated rings. The van der Waals surface area contributed by atoms with Crippen LogP contribution in [0.25, 0.3) is 0 Å². The van der Waals surface area contributed by atoms with E-state index in [2.05, 4.69) is 37.7 Å². The van der Waals surface area contributed by atoms with Gasteiger partial charge in [-0.2, -0.15) is 0 Å². The molecule has 3 nitrogen and oxygen atoms in total. The topological polar surface area (TPSA) is 26.7 Å². The maximum atomic E-state index is 9.67. The Morgan fingerprint density at radius 3 is 2.00 bits per heavy atom. The van der Waals surface area contributed by atoms with Crippen molar-refractivity contribution in [2.24, 2.45) is 5.92 Å². The number of hydrogen-bond donors (Lipinski definition) is 1. The van der Waals surface area contributed by atoms with Crippen molar-refractivity contribution in [3.63, 3.8) is 0 Å². The molecule has 0 aromatic carbocycles. The molecule has 2 atom stereocenters. The summed E-state index contributed by atoms with van der Waals surface area (Å²) in [6.45, 7) is 10.5. The lowest BCUT2D eigenvalue weighted by molar-refractivity contribution is 0.0925. The van der Waals surface area contributed by atoms with E-state index in [-0.39, 0.29) is 6.10 Å². The van der Waals surface area contributed by atoms with E-state index in [9.17, 15) is 5.11 Å². The van der Waals surface area contributed by atoms with Crippen molar-refractivity contribution in [2.45, 2.75) is 33.3 Å². The second-order valence-corrected chi connectivity index (χ2v) is 4.58. The molecule has 0 heterocycles. The van der Waals surface area contributed by atoms with Crippen LogP contribution in [0, 0.1) is 5.92 Å². The van der Waals surface area contributed by atoms with E-state index >= 15 is 0 Å². The molecule has 3 heteroatoms. The molecule has 0 aromatic heterocycles. The zero-order valence-electron chi connectivity index (χ0n) is 11.0. The van der Waals surface area contributed by atoms with Gasteiger partial charge in [-0.1, -0.05) is 13.8 Å². The van der Waals surface area contributed by atoms with Crippen molar-refractivity contribution in [2.75, 3.05) is 40.3 Å². The molecule has 0 radical (unpaired) electrons. The fourth-order valence-electron chi connectivity index (χ4n) is 1.84. The van der Waals surface area contributed by atoms with Gasteiger partial charge in [0.2, 0.25) is 0 Å². The molecule has 0 spiro atoms. The highest BCUT2D eigenvalue weighted by atomic mass is 16.3. The van der Waals surface area contributed by atoms with Crippen molar-refractivity contribution < 1.29 is 5.11 Å². The van der Waals surface area contributed by atoms with Crippen LogP contribution < -0.4 is 0 Å². The zero-order chi connectivity index (χ0) is 11.8. The summed E-state index contributed by atoms with van der Waals surface area (Å²) in [5, 5.41) is 9.67. The predicted molar refractivity (Wildman–Crippen MR) is 66.1 cm³/mol. The van der Waals surface area contributed by atoms with E-state index in [1.807, 2.05) is 6.92 Å². The molecule has 0 saturated heterocycles. The number of aliphatic hydroxyl groups excluding tert-OH is 1. The van der Waals surface area contributed by atoms with Crippen molar-refractivity contribution in [3.8, 4) is 0 Å². The van der Waals surface area contributed by atoms with Gasteiger partial charge in [0, 0.05) is 6.54 Å². The summed E-state index contributed by atoms with van der Waals surface area (Å²) in [5.41, 5.74) is 0. The monoisotopic (exact) mass is 216 g/mol. The Bertz CT molecular complexity index is 145. The second-order valence-electron chi connectivity index (χ2n) is 4.58. The minimum absolute atomic E-state index is 0.206. The maximum absolute atomic E-state index is 9.67. The smallest absolute Gasteiger partial charge is 0.0552 e. The lowest BCUT2D eigenvalue weighted by atomic mass is 9.99. The van der Waals surface area contributed by atoms with Gasteiger partial charge in [-0.25, -0.2) is 0 Å². The fourth-order valence-corrected chi connectivity index (χ4v) is 1.84. The Labute approximate surface area is 95.1 Å². The van der Waals surface area contributed by atoms with E-state index in [1.54, 1.807) is 0 Å². The van der Waals surface area contributed by atoms with Crippen molar-refractivity contribution in [1.29, 1.82) is 0 Å². The standard InChI is InChI=1S/C12H28N2O/c1-6-14(7-2)9-8-12(11(3)15)10-13(4)5/h11-12,15H,6-10H2,1-5H3/t11-,12+/m0/s1. The van der Waals surface area contributed by atoms with Gasteiger partial charge in [0.1, 0.15) is 0 Å². The van der Waals surface area contributed by atoms with Crippen LogP contribution in [-0.4, -0.2) is 61.3 Å². The van der Waals surface area contributed by atoms with E-state index in [1.165, 1.54) is 0 Å². The summed E-state index contributed by atoms with van der Waals surface area (Å²) in [6, 6.07) is 0. The summed E-state index contributed by atoms with van der Waals surface area (Å²) in [6.07, 6.45) is 0.875.